The van der Waals surface area contributed by atoms with Gasteiger partial charge in [0.15, 0.2) is 0 Å². The van der Waals surface area contributed by atoms with Gasteiger partial charge in [0.1, 0.15) is 0 Å². The zero-order valence-corrected chi connectivity index (χ0v) is 11.9. The molecule has 21 heavy (non-hydrogen) atoms. The van der Waals surface area contributed by atoms with Gasteiger partial charge in [0.25, 0.3) is 10.8 Å². The lowest BCUT2D eigenvalue weighted by Gasteiger charge is -2.16. The fourth-order valence-electron chi connectivity index (χ4n) is 2.16. The van der Waals surface area contributed by atoms with Crippen LogP contribution in [0.25, 0.3) is 11.3 Å². The molecule has 0 saturated carbocycles. The summed E-state index contributed by atoms with van der Waals surface area (Å²) in [5.41, 5.74) is 2.54. The van der Waals surface area contributed by atoms with E-state index in [9.17, 15) is 14.4 Å². The normalized spacial score (nSPS) is 14.8. The number of aryl methyl sites for hydroxylation is 1. The van der Waals surface area contributed by atoms with Gasteiger partial charge in [0.05, 0.1) is 17.1 Å². The molecule has 2 amide bonds. The number of carbonyl (C=O) groups excluding carboxylic acids is 2. The summed E-state index contributed by atoms with van der Waals surface area (Å²) in [4.78, 5) is 35.7. The maximum Gasteiger partial charge on any atom is 0.293 e. The van der Waals surface area contributed by atoms with Crippen LogP contribution in [0, 0.1) is 6.92 Å². The zero-order chi connectivity index (χ0) is 15.0. The molecule has 0 unspecified atom stereocenters. The van der Waals surface area contributed by atoms with Gasteiger partial charge in [-0.05, 0) is 30.7 Å². The Bertz CT molecular complexity index is 764. The minimum absolute atomic E-state index is 0.182. The molecule has 3 rings (SSSR count). The molecule has 0 radical (unpaired) electrons. The number of nitrogens with zero attached hydrogens (tertiary/aromatic N) is 2. The number of rotatable bonds is 2. The lowest BCUT2D eigenvalue weighted by Crippen LogP contribution is -2.28. The molecule has 6 nitrogen and oxygen atoms in total. The highest BCUT2D eigenvalue weighted by Gasteiger charge is 2.32. The van der Waals surface area contributed by atoms with Crippen molar-refractivity contribution in [2.24, 2.45) is 0 Å². The Labute approximate surface area is 124 Å². The van der Waals surface area contributed by atoms with E-state index in [1.807, 2.05) is 13.0 Å². The molecule has 2 aromatic rings. The number of benzene rings is 1. The number of hydrogen-bond donors (Lipinski definition) is 1. The number of H-pyrrole nitrogens is 1. The standard InChI is InChI=1S/C14H11N3O3S/c1-8-6-9(10-3-5-12(18)16-15-10)2-4-11(8)17-13(19)7-21-14(17)20/h2-6H,7H2,1H3,(H,16,18). The average molecular weight is 301 g/mol. The van der Waals surface area contributed by atoms with Crippen molar-refractivity contribution in [3.05, 3.63) is 46.2 Å². The summed E-state index contributed by atoms with van der Waals surface area (Å²) in [6.45, 7) is 1.83. The second-order valence-corrected chi connectivity index (χ2v) is 5.52. The maximum atomic E-state index is 11.8. The summed E-state index contributed by atoms with van der Waals surface area (Å²) in [5, 5.41) is 6.08. The second-order valence-electron chi connectivity index (χ2n) is 4.59. The Morgan fingerprint density at radius 1 is 1.19 bits per heavy atom. The summed E-state index contributed by atoms with van der Waals surface area (Å²) in [5.74, 6) is -0.0235. The lowest BCUT2D eigenvalue weighted by atomic mass is 10.1. The quantitative estimate of drug-likeness (QED) is 0.916. The number of hydrogen-bond acceptors (Lipinski definition) is 5. The van der Waals surface area contributed by atoms with Crippen molar-refractivity contribution in [1.29, 1.82) is 0 Å². The first kappa shape index (κ1) is 13.6. The first-order valence-electron chi connectivity index (χ1n) is 6.23. The number of aromatic amines is 1. The Morgan fingerprint density at radius 2 is 2.00 bits per heavy atom. The lowest BCUT2D eigenvalue weighted by molar-refractivity contribution is -0.115. The molecule has 1 saturated heterocycles. The van der Waals surface area contributed by atoms with Gasteiger partial charge in [-0.15, -0.1) is 0 Å². The number of nitrogens with one attached hydrogen (secondary N) is 1. The van der Waals surface area contributed by atoms with Crippen molar-refractivity contribution in [3.63, 3.8) is 0 Å². The topological polar surface area (TPSA) is 83.1 Å². The predicted molar refractivity (Wildman–Crippen MR) is 80.4 cm³/mol. The van der Waals surface area contributed by atoms with Gasteiger partial charge in [-0.3, -0.25) is 14.4 Å². The Hall–Kier alpha value is -2.41. The van der Waals surface area contributed by atoms with E-state index < -0.39 is 0 Å². The predicted octanol–water partition coefficient (Wildman–Crippen LogP) is 1.95. The smallest absolute Gasteiger partial charge is 0.273 e. The fourth-order valence-corrected chi connectivity index (χ4v) is 2.86. The summed E-state index contributed by atoms with van der Waals surface area (Å²) in [6, 6.07) is 8.34. The largest absolute Gasteiger partial charge is 0.293 e. The number of thioether (sulfide) groups is 1. The van der Waals surface area contributed by atoms with Crippen LogP contribution in [0.3, 0.4) is 0 Å². The van der Waals surface area contributed by atoms with Crippen LogP contribution in [0.2, 0.25) is 0 Å². The SMILES string of the molecule is Cc1cc(-c2ccc(=O)[nH]n2)ccc1N1C(=O)CSC1=O. The van der Waals surface area contributed by atoms with E-state index in [4.69, 9.17) is 0 Å². The third-order valence-electron chi connectivity index (χ3n) is 3.16. The van der Waals surface area contributed by atoms with Gasteiger partial charge in [0, 0.05) is 11.6 Å². The molecule has 0 spiro atoms. The van der Waals surface area contributed by atoms with E-state index in [2.05, 4.69) is 10.2 Å². The molecular weight excluding hydrogens is 290 g/mol. The summed E-state index contributed by atoms with van der Waals surface area (Å²) < 4.78 is 0. The first-order chi connectivity index (χ1) is 10.1. The number of aromatic nitrogens is 2. The summed E-state index contributed by atoms with van der Waals surface area (Å²) >= 11 is 1.00. The average Bonchev–Trinajstić information content (AvgIpc) is 2.79. The highest BCUT2D eigenvalue weighted by Crippen LogP contribution is 2.31. The minimum Gasteiger partial charge on any atom is -0.273 e. The van der Waals surface area contributed by atoms with E-state index in [0.717, 1.165) is 22.9 Å². The molecule has 0 bridgehead atoms. The van der Waals surface area contributed by atoms with Crippen LogP contribution in [0.1, 0.15) is 5.56 Å². The van der Waals surface area contributed by atoms with Crippen molar-refractivity contribution in [2.75, 3.05) is 10.7 Å². The molecule has 1 aliphatic rings. The molecule has 1 N–H and O–H groups in total. The summed E-state index contributed by atoms with van der Waals surface area (Å²) in [6.07, 6.45) is 0. The van der Waals surface area contributed by atoms with E-state index >= 15 is 0 Å². The van der Waals surface area contributed by atoms with Crippen LogP contribution in [0.15, 0.2) is 35.1 Å². The minimum atomic E-state index is -0.266. The maximum absolute atomic E-state index is 11.8. The number of amides is 2. The van der Waals surface area contributed by atoms with Crippen LogP contribution in [0.4, 0.5) is 10.5 Å². The molecule has 2 heterocycles. The number of anilines is 1. The van der Waals surface area contributed by atoms with Crippen LogP contribution in [-0.4, -0.2) is 27.1 Å². The number of carbonyl (C=O) groups is 2. The first-order valence-corrected chi connectivity index (χ1v) is 7.21. The fraction of sp³-hybridized carbons (Fsp3) is 0.143. The Morgan fingerprint density at radius 3 is 2.57 bits per heavy atom. The van der Waals surface area contributed by atoms with Gasteiger partial charge in [-0.25, -0.2) is 10.00 Å². The molecule has 0 aliphatic carbocycles. The van der Waals surface area contributed by atoms with Crippen LogP contribution < -0.4 is 10.5 Å². The van der Waals surface area contributed by atoms with E-state index in [1.54, 1.807) is 18.2 Å². The molecule has 1 fully saturated rings. The molecule has 1 aliphatic heterocycles. The van der Waals surface area contributed by atoms with Gasteiger partial charge in [-0.1, -0.05) is 17.8 Å². The molecule has 0 atom stereocenters. The molecule has 7 heteroatoms. The van der Waals surface area contributed by atoms with Gasteiger partial charge in [-0.2, -0.15) is 5.10 Å². The van der Waals surface area contributed by atoms with E-state index in [0.29, 0.717) is 11.4 Å². The monoisotopic (exact) mass is 301 g/mol. The Balaban J connectivity index is 2.00. The highest BCUT2D eigenvalue weighted by molar-refractivity contribution is 8.15. The van der Waals surface area contributed by atoms with Gasteiger partial charge in [0.2, 0.25) is 5.91 Å². The summed E-state index contributed by atoms with van der Waals surface area (Å²) in [7, 11) is 0. The van der Waals surface area contributed by atoms with Gasteiger partial charge >= 0.3 is 0 Å². The zero-order valence-electron chi connectivity index (χ0n) is 11.1. The highest BCUT2D eigenvalue weighted by atomic mass is 32.2. The Kier molecular flexibility index (Phi) is 3.34. The van der Waals surface area contributed by atoms with Crippen LogP contribution in [-0.2, 0) is 4.79 Å². The molecule has 1 aromatic carbocycles. The van der Waals surface area contributed by atoms with Crippen molar-refractivity contribution in [1.82, 2.24) is 10.2 Å². The van der Waals surface area contributed by atoms with E-state index in [-0.39, 0.29) is 22.5 Å². The second kappa shape index (κ2) is 5.17. The molecule has 1 aromatic heterocycles. The third kappa shape index (κ3) is 2.47. The van der Waals surface area contributed by atoms with Crippen molar-refractivity contribution >= 4 is 28.6 Å². The van der Waals surface area contributed by atoms with Crippen LogP contribution in [0.5, 0.6) is 0 Å². The third-order valence-corrected chi connectivity index (χ3v) is 3.98. The van der Waals surface area contributed by atoms with Crippen LogP contribution >= 0.6 is 11.8 Å². The van der Waals surface area contributed by atoms with Crippen molar-refractivity contribution < 1.29 is 9.59 Å². The van der Waals surface area contributed by atoms with Crippen molar-refractivity contribution in [3.8, 4) is 11.3 Å². The van der Waals surface area contributed by atoms with Gasteiger partial charge < -0.3 is 0 Å². The molecule has 106 valence electrons. The molecular formula is C14H11N3O3S. The number of imide groups is 1. The van der Waals surface area contributed by atoms with E-state index in [1.165, 1.54) is 11.0 Å². The van der Waals surface area contributed by atoms with Crippen molar-refractivity contribution in [2.45, 2.75) is 6.92 Å².